The maximum atomic E-state index is 12.4. The Hall–Kier alpha value is -3.55. The number of nitrogens with zero attached hydrogens (tertiary/aromatic N) is 1. The number of anilines is 1. The van der Waals surface area contributed by atoms with Crippen molar-refractivity contribution >= 4 is 29.3 Å². The molecule has 0 spiro atoms. The van der Waals surface area contributed by atoms with Crippen LogP contribution in [0.15, 0.2) is 78.4 Å². The van der Waals surface area contributed by atoms with Crippen LogP contribution in [-0.4, -0.2) is 5.91 Å². The Bertz CT molecular complexity index is 1080. The molecule has 3 rings (SSSR count). The number of carbonyl (C=O) groups excluding carboxylic acids is 1. The van der Waals surface area contributed by atoms with E-state index in [2.05, 4.69) is 5.32 Å². The molecule has 0 aliphatic heterocycles. The molecule has 0 atom stereocenters. The molecular weight excluding hydrogens is 384 g/mol. The second kappa shape index (κ2) is 9.59. The van der Waals surface area contributed by atoms with Crippen molar-refractivity contribution in [1.29, 1.82) is 5.26 Å². The first kappa shape index (κ1) is 20.2. The van der Waals surface area contributed by atoms with Gasteiger partial charge in [-0.1, -0.05) is 65.7 Å². The second-order valence-corrected chi connectivity index (χ2v) is 6.86. The van der Waals surface area contributed by atoms with Crippen LogP contribution in [0, 0.1) is 18.3 Å². The molecule has 0 saturated heterocycles. The number of nitrogens with one attached hydrogen (secondary N) is 1. The van der Waals surface area contributed by atoms with Crippen LogP contribution in [0.5, 0.6) is 5.75 Å². The van der Waals surface area contributed by atoms with Crippen LogP contribution in [0.2, 0.25) is 5.02 Å². The van der Waals surface area contributed by atoms with Gasteiger partial charge in [0.1, 0.15) is 24.0 Å². The fraction of sp³-hybridized carbons (Fsp3) is 0.0833. The molecule has 0 aliphatic rings. The molecule has 0 aliphatic carbocycles. The van der Waals surface area contributed by atoms with Gasteiger partial charge in [-0.05, 0) is 48.4 Å². The monoisotopic (exact) mass is 402 g/mol. The van der Waals surface area contributed by atoms with E-state index >= 15 is 0 Å². The number of carbonyl (C=O) groups is 1. The number of hydrogen-bond donors (Lipinski definition) is 1. The summed E-state index contributed by atoms with van der Waals surface area (Å²) in [5.41, 5.74) is 3.38. The molecule has 0 saturated carbocycles. The molecule has 0 unspecified atom stereocenters. The van der Waals surface area contributed by atoms with Crippen molar-refractivity contribution in [1.82, 2.24) is 0 Å². The molecule has 3 aromatic rings. The lowest BCUT2D eigenvalue weighted by atomic mass is 10.1. The molecule has 1 amide bonds. The van der Waals surface area contributed by atoms with Crippen LogP contribution in [0.25, 0.3) is 6.08 Å². The fourth-order valence-electron chi connectivity index (χ4n) is 2.61. The first-order chi connectivity index (χ1) is 14.0. The van der Waals surface area contributed by atoms with Crippen molar-refractivity contribution in [3.63, 3.8) is 0 Å². The van der Waals surface area contributed by atoms with Crippen molar-refractivity contribution < 1.29 is 9.53 Å². The van der Waals surface area contributed by atoms with Gasteiger partial charge in [-0.15, -0.1) is 0 Å². The van der Waals surface area contributed by atoms with Gasteiger partial charge in [0.25, 0.3) is 5.91 Å². The number of ether oxygens (including phenoxy) is 1. The highest BCUT2D eigenvalue weighted by molar-refractivity contribution is 6.34. The fourth-order valence-corrected chi connectivity index (χ4v) is 2.80. The van der Waals surface area contributed by atoms with Gasteiger partial charge in [-0.2, -0.15) is 5.26 Å². The lowest BCUT2D eigenvalue weighted by Gasteiger charge is -2.08. The summed E-state index contributed by atoms with van der Waals surface area (Å²) in [7, 11) is 0. The molecule has 5 heteroatoms. The number of nitriles is 1. The highest BCUT2D eigenvalue weighted by Gasteiger charge is 2.11. The first-order valence-electron chi connectivity index (χ1n) is 9.01. The summed E-state index contributed by atoms with van der Waals surface area (Å²) in [6.45, 7) is 2.47. The maximum absolute atomic E-state index is 12.4. The Morgan fingerprint density at radius 2 is 1.86 bits per heavy atom. The Morgan fingerprint density at radius 3 is 2.59 bits per heavy atom. The van der Waals surface area contributed by atoms with Gasteiger partial charge >= 0.3 is 0 Å². The van der Waals surface area contributed by atoms with E-state index in [4.69, 9.17) is 16.3 Å². The van der Waals surface area contributed by atoms with Gasteiger partial charge in [0.15, 0.2) is 0 Å². The van der Waals surface area contributed by atoms with Crippen LogP contribution in [0.1, 0.15) is 16.7 Å². The van der Waals surface area contributed by atoms with Gasteiger partial charge in [0, 0.05) is 0 Å². The average Bonchev–Trinajstić information content (AvgIpc) is 2.73. The largest absolute Gasteiger partial charge is 0.489 e. The van der Waals surface area contributed by atoms with E-state index < -0.39 is 5.91 Å². The lowest BCUT2D eigenvalue weighted by Crippen LogP contribution is -2.13. The summed E-state index contributed by atoms with van der Waals surface area (Å²) < 4.78 is 5.83. The quantitative estimate of drug-likeness (QED) is 0.420. The predicted octanol–water partition coefficient (Wildman–Crippen LogP) is 5.77. The third kappa shape index (κ3) is 5.71. The SMILES string of the molecule is Cc1ccc(COc2cccc(/C=C(/C#N)C(=O)Nc3ccccc3Cl)c2)cc1. The molecule has 0 bridgehead atoms. The standard InChI is InChI=1S/C24H19ClN2O2/c1-17-9-11-18(12-10-17)16-29-21-6-4-5-19(14-21)13-20(15-26)24(28)27-23-8-3-2-7-22(23)25/h2-14H,16H2,1H3,(H,27,28)/b20-13-. The maximum Gasteiger partial charge on any atom is 0.266 e. The predicted molar refractivity (Wildman–Crippen MR) is 116 cm³/mol. The highest BCUT2D eigenvalue weighted by Crippen LogP contribution is 2.22. The zero-order valence-electron chi connectivity index (χ0n) is 15.9. The molecular formula is C24H19ClN2O2. The Kier molecular flexibility index (Phi) is 6.67. The molecule has 0 aromatic heterocycles. The minimum Gasteiger partial charge on any atom is -0.489 e. The van der Waals surface area contributed by atoms with Crippen LogP contribution >= 0.6 is 11.6 Å². The number of hydrogen-bond acceptors (Lipinski definition) is 3. The smallest absolute Gasteiger partial charge is 0.266 e. The zero-order valence-corrected chi connectivity index (χ0v) is 16.6. The van der Waals surface area contributed by atoms with E-state index in [-0.39, 0.29) is 5.57 Å². The summed E-state index contributed by atoms with van der Waals surface area (Å²) >= 11 is 6.06. The summed E-state index contributed by atoms with van der Waals surface area (Å²) in [5, 5.41) is 12.5. The zero-order chi connectivity index (χ0) is 20.6. The molecule has 0 radical (unpaired) electrons. The van der Waals surface area contributed by atoms with Gasteiger partial charge in [-0.25, -0.2) is 0 Å². The minimum absolute atomic E-state index is 0.0272. The van der Waals surface area contributed by atoms with E-state index in [1.165, 1.54) is 11.6 Å². The Balaban J connectivity index is 1.71. The Labute approximate surface area is 175 Å². The lowest BCUT2D eigenvalue weighted by molar-refractivity contribution is -0.112. The summed E-state index contributed by atoms with van der Waals surface area (Å²) in [6, 6.07) is 24.2. The highest BCUT2D eigenvalue weighted by atomic mass is 35.5. The van der Waals surface area contributed by atoms with E-state index in [9.17, 15) is 10.1 Å². The summed E-state index contributed by atoms with van der Waals surface area (Å²) in [4.78, 5) is 12.4. The van der Waals surface area contributed by atoms with Gasteiger partial charge in [0.05, 0.1) is 10.7 Å². The third-order valence-electron chi connectivity index (χ3n) is 4.18. The topological polar surface area (TPSA) is 62.1 Å². The summed E-state index contributed by atoms with van der Waals surface area (Å²) in [6.07, 6.45) is 1.52. The van der Waals surface area contributed by atoms with E-state index in [1.54, 1.807) is 36.4 Å². The molecule has 4 nitrogen and oxygen atoms in total. The number of para-hydroxylation sites is 1. The van der Waals surface area contributed by atoms with Crippen LogP contribution < -0.4 is 10.1 Å². The molecule has 1 N–H and O–H groups in total. The van der Waals surface area contributed by atoms with E-state index in [0.717, 1.165) is 5.56 Å². The third-order valence-corrected chi connectivity index (χ3v) is 4.51. The van der Waals surface area contributed by atoms with Crippen molar-refractivity contribution in [2.24, 2.45) is 0 Å². The molecule has 0 fully saturated rings. The first-order valence-corrected chi connectivity index (χ1v) is 9.39. The van der Waals surface area contributed by atoms with Crippen LogP contribution in [-0.2, 0) is 11.4 Å². The van der Waals surface area contributed by atoms with E-state index in [1.807, 2.05) is 49.4 Å². The van der Waals surface area contributed by atoms with Crippen LogP contribution in [0.3, 0.4) is 0 Å². The molecule has 29 heavy (non-hydrogen) atoms. The number of amides is 1. The second-order valence-electron chi connectivity index (χ2n) is 6.45. The van der Waals surface area contributed by atoms with E-state index in [0.29, 0.717) is 28.6 Å². The molecule has 0 heterocycles. The van der Waals surface area contributed by atoms with Gasteiger partial charge in [-0.3, -0.25) is 4.79 Å². The van der Waals surface area contributed by atoms with Crippen LogP contribution in [0.4, 0.5) is 5.69 Å². The van der Waals surface area contributed by atoms with Crippen molar-refractivity contribution in [3.8, 4) is 11.8 Å². The number of rotatable bonds is 6. The van der Waals surface area contributed by atoms with Gasteiger partial charge in [0.2, 0.25) is 0 Å². The normalized spacial score (nSPS) is 10.9. The van der Waals surface area contributed by atoms with Gasteiger partial charge < -0.3 is 10.1 Å². The minimum atomic E-state index is -0.522. The van der Waals surface area contributed by atoms with Crippen molar-refractivity contribution in [2.45, 2.75) is 13.5 Å². The van der Waals surface area contributed by atoms with Crippen molar-refractivity contribution in [2.75, 3.05) is 5.32 Å². The molecule has 3 aromatic carbocycles. The Morgan fingerprint density at radius 1 is 1.10 bits per heavy atom. The summed E-state index contributed by atoms with van der Waals surface area (Å²) in [5.74, 6) is 0.134. The molecule has 144 valence electrons. The number of aryl methyl sites for hydroxylation is 1. The van der Waals surface area contributed by atoms with Crippen molar-refractivity contribution in [3.05, 3.63) is 100 Å². The number of benzene rings is 3. The number of halogens is 1. The average molecular weight is 403 g/mol.